The number of fused-ring (bicyclic) bond motifs is 1. The Bertz CT molecular complexity index is 1150. The molecule has 2 unspecified atom stereocenters. The second kappa shape index (κ2) is 12.6. The average molecular weight is 549 g/mol. The second-order valence-electron chi connectivity index (χ2n) is 12.6. The van der Waals surface area contributed by atoms with E-state index in [1.165, 1.54) is 5.56 Å². The summed E-state index contributed by atoms with van der Waals surface area (Å²) in [5.41, 5.74) is 2.66. The van der Waals surface area contributed by atoms with Gasteiger partial charge in [-0.3, -0.25) is 14.5 Å². The van der Waals surface area contributed by atoms with Crippen LogP contribution in [0.5, 0.6) is 5.75 Å². The number of nitrogens with one attached hydrogen (secondary N) is 1. The van der Waals surface area contributed by atoms with Crippen LogP contribution in [-0.2, 0) is 16.1 Å². The molecule has 2 amide bonds. The predicted octanol–water partition coefficient (Wildman–Crippen LogP) is 5.40. The van der Waals surface area contributed by atoms with Crippen molar-refractivity contribution in [3.05, 3.63) is 59.7 Å². The van der Waals surface area contributed by atoms with Crippen LogP contribution in [0, 0.1) is 5.92 Å². The van der Waals surface area contributed by atoms with E-state index in [0.717, 1.165) is 56.8 Å². The van der Waals surface area contributed by atoms with Crippen molar-refractivity contribution in [3.8, 4) is 5.75 Å². The monoisotopic (exact) mass is 548 g/mol. The molecule has 2 aromatic rings. The third-order valence-corrected chi connectivity index (χ3v) is 8.00. The van der Waals surface area contributed by atoms with Crippen molar-refractivity contribution in [2.45, 2.75) is 91.6 Å². The summed E-state index contributed by atoms with van der Waals surface area (Å²) in [4.78, 5) is 35.0. The summed E-state index contributed by atoms with van der Waals surface area (Å²) in [6.07, 6.45) is 0.978. The molecule has 0 saturated carbocycles. The zero-order chi connectivity index (χ0) is 29.0. The Hall–Kier alpha value is -3.06. The molecule has 0 bridgehead atoms. The number of carbonyl (C=O) groups excluding carboxylic acids is 2. The Labute approximate surface area is 240 Å². The van der Waals surface area contributed by atoms with Gasteiger partial charge in [-0.1, -0.05) is 50.2 Å². The molecule has 2 aliphatic heterocycles. The average Bonchev–Trinajstić information content (AvgIpc) is 3.04. The van der Waals surface area contributed by atoms with Crippen molar-refractivity contribution < 1.29 is 14.3 Å². The molecule has 0 aromatic heterocycles. The number of likely N-dealkylation sites (tertiary alicyclic amines) is 1. The van der Waals surface area contributed by atoms with Gasteiger partial charge in [0.15, 0.2) is 6.10 Å². The first-order chi connectivity index (χ1) is 19.0. The zero-order valence-electron chi connectivity index (χ0n) is 25.4. The van der Waals surface area contributed by atoms with E-state index < -0.39 is 17.7 Å². The van der Waals surface area contributed by atoms with Crippen molar-refractivity contribution in [2.24, 2.45) is 5.92 Å². The van der Waals surface area contributed by atoms with Crippen LogP contribution < -0.4 is 15.0 Å². The summed E-state index contributed by atoms with van der Waals surface area (Å²) in [7, 11) is 0. The summed E-state index contributed by atoms with van der Waals surface area (Å²) in [6.45, 7) is 18.6. The van der Waals surface area contributed by atoms with Crippen LogP contribution in [0.3, 0.4) is 0 Å². The maximum Gasteiger partial charge on any atom is 0.265 e. The molecule has 2 atom stereocenters. The van der Waals surface area contributed by atoms with Crippen molar-refractivity contribution in [1.82, 2.24) is 15.1 Å². The normalized spacial score (nSPS) is 20.6. The highest BCUT2D eigenvalue weighted by atomic mass is 16.5. The van der Waals surface area contributed by atoms with Crippen LogP contribution in [0.15, 0.2) is 48.5 Å². The smallest absolute Gasteiger partial charge is 0.265 e. The first-order valence-electron chi connectivity index (χ1n) is 15.0. The third-order valence-electron chi connectivity index (χ3n) is 8.00. The molecule has 0 aliphatic carbocycles. The Morgan fingerprint density at radius 1 is 1.05 bits per heavy atom. The zero-order valence-corrected chi connectivity index (χ0v) is 25.4. The van der Waals surface area contributed by atoms with Crippen molar-refractivity contribution >= 4 is 17.5 Å². The number of nitrogens with zero attached hydrogens (tertiary/aromatic N) is 3. The van der Waals surface area contributed by atoms with Gasteiger partial charge in [0.25, 0.3) is 5.91 Å². The number of amides is 2. The van der Waals surface area contributed by atoms with Gasteiger partial charge in [-0.2, -0.15) is 0 Å². The number of hydrogen-bond acceptors (Lipinski definition) is 5. The predicted molar refractivity (Wildman–Crippen MR) is 161 cm³/mol. The first-order valence-corrected chi connectivity index (χ1v) is 15.0. The van der Waals surface area contributed by atoms with E-state index in [1.807, 2.05) is 57.7 Å². The molecular formula is C33H48N4O3. The molecule has 2 aliphatic rings. The molecule has 7 heteroatoms. The van der Waals surface area contributed by atoms with E-state index in [9.17, 15) is 9.59 Å². The summed E-state index contributed by atoms with van der Waals surface area (Å²) in [5, 5.41) is 3.18. The molecule has 2 heterocycles. The molecule has 0 radical (unpaired) electrons. The van der Waals surface area contributed by atoms with Crippen LogP contribution in [0.25, 0.3) is 0 Å². The molecule has 218 valence electrons. The Balaban J connectivity index is 1.71. The minimum Gasteiger partial charge on any atom is -0.480 e. The lowest BCUT2D eigenvalue weighted by molar-refractivity contribution is -0.151. The van der Waals surface area contributed by atoms with Gasteiger partial charge in [0, 0.05) is 61.6 Å². The van der Waals surface area contributed by atoms with Gasteiger partial charge >= 0.3 is 0 Å². The molecule has 2 aromatic carbocycles. The maximum absolute atomic E-state index is 14.3. The molecule has 1 N–H and O–H groups in total. The first kappa shape index (κ1) is 29.9. The van der Waals surface area contributed by atoms with Gasteiger partial charge in [-0.05, 0) is 65.0 Å². The summed E-state index contributed by atoms with van der Waals surface area (Å²) >= 11 is 0. The van der Waals surface area contributed by atoms with Crippen molar-refractivity contribution in [2.75, 3.05) is 31.1 Å². The quantitative estimate of drug-likeness (QED) is 0.479. The highest BCUT2D eigenvalue weighted by molar-refractivity contribution is 5.93. The Morgan fingerprint density at radius 3 is 2.27 bits per heavy atom. The minimum absolute atomic E-state index is 0.0393. The van der Waals surface area contributed by atoms with Crippen LogP contribution in [0.2, 0.25) is 0 Å². The Kier molecular flexibility index (Phi) is 9.44. The van der Waals surface area contributed by atoms with Crippen molar-refractivity contribution in [1.29, 1.82) is 0 Å². The van der Waals surface area contributed by atoms with E-state index in [1.54, 1.807) is 0 Å². The third kappa shape index (κ3) is 6.80. The van der Waals surface area contributed by atoms with Crippen LogP contribution in [-0.4, -0.2) is 65.5 Å². The lowest BCUT2D eigenvalue weighted by Crippen LogP contribution is -2.56. The molecule has 4 rings (SSSR count). The second-order valence-corrected chi connectivity index (χ2v) is 12.6. The van der Waals surface area contributed by atoms with Gasteiger partial charge in [0.05, 0.1) is 0 Å². The van der Waals surface area contributed by atoms with Crippen LogP contribution in [0.4, 0.5) is 5.69 Å². The summed E-state index contributed by atoms with van der Waals surface area (Å²) in [6, 6.07) is 15.8. The highest BCUT2D eigenvalue weighted by Crippen LogP contribution is 2.41. The molecule has 1 fully saturated rings. The SMILES string of the molecule is CCN(CC)c1ccc2c(c1)OC(C(C)C)C(=O)N(C1CCN(Cc3ccccc3)CC1)C2C(=O)NC(C)(C)C. The van der Waals surface area contributed by atoms with E-state index in [4.69, 9.17) is 4.74 Å². The number of rotatable bonds is 8. The summed E-state index contributed by atoms with van der Waals surface area (Å²) < 4.78 is 6.53. The van der Waals surface area contributed by atoms with Gasteiger partial charge in [-0.15, -0.1) is 0 Å². The fraction of sp³-hybridized carbons (Fsp3) is 0.576. The number of piperidine rings is 1. The molecular weight excluding hydrogens is 500 g/mol. The molecule has 40 heavy (non-hydrogen) atoms. The maximum atomic E-state index is 14.3. The largest absolute Gasteiger partial charge is 0.480 e. The molecule has 1 saturated heterocycles. The van der Waals surface area contributed by atoms with E-state index >= 15 is 0 Å². The number of benzene rings is 2. The molecule has 7 nitrogen and oxygen atoms in total. The fourth-order valence-corrected chi connectivity index (χ4v) is 5.96. The number of carbonyl (C=O) groups is 2. The van der Waals surface area contributed by atoms with Gasteiger partial charge in [0.2, 0.25) is 5.91 Å². The number of hydrogen-bond donors (Lipinski definition) is 1. The lowest BCUT2D eigenvalue weighted by atomic mass is 9.94. The Morgan fingerprint density at radius 2 is 1.70 bits per heavy atom. The minimum atomic E-state index is -0.748. The van der Waals surface area contributed by atoms with Gasteiger partial charge in [0.1, 0.15) is 11.8 Å². The van der Waals surface area contributed by atoms with Crippen LogP contribution >= 0.6 is 0 Å². The number of ether oxygens (including phenoxy) is 1. The standard InChI is InChI=1S/C33H48N4O3/c1-8-36(9-2)26-15-16-27-28(21-26)40-30(23(3)4)32(39)37(29(27)31(38)34-33(5,6)7)25-17-19-35(20-18-25)22-24-13-11-10-12-14-24/h10-16,21,23,25,29-30H,8-9,17-20,22H2,1-7H3,(H,34,38). The van der Waals surface area contributed by atoms with E-state index in [0.29, 0.717) is 5.75 Å². The fourth-order valence-electron chi connectivity index (χ4n) is 5.96. The topological polar surface area (TPSA) is 65.1 Å². The summed E-state index contributed by atoms with van der Waals surface area (Å²) in [5.74, 6) is 0.348. The van der Waals surface area contributed by atoms with E-state index in [-0.39, 0.29) is 23.8 Å². The van der Waals surface area contributed by atoms with Crippen LogP contribution in [0.1, 0.15) is 78.5 Å². The van der Waals surface area contributed by atoms with Crippen molar-refractivity contribution in [3.63, 3.8) is 0 Å². The van der Waals surface area contributed by atoms with Gasteiger partial charge in [-0.25, -0.2) is 0 Å². The molecule has 0 spiro atoms. The highest BCUT2D eigenvalue weighted by Gasteiger charge is 2.46. The lowest BCUT2D eigenvalue weighted by Gasteiger charge is -2.42. The van der Waals surface area contributed by atoms with E-state index in [2.05, 4.69) is 59.3 Å². The number of anilines is 1. The van der Waals surface area contributed by atoms with Gasteiger partial charge < -0.3 is 19.9 Å².